The van der Waals surface area contributed by atoms with E-state index < -0.39 is 0 Å². The molecule has 0 saturated heterocycles. The standard InChI is InChI=1S/C16H17ClN2O2/c1-3-8-21-14-9-11(2)4-6-13(14)19-16(20)12-5-7-15(17)18-10-12/h4-7,9-10H,3,8H2,1-2H3,(H,19,20). The van der Waals surface area contributed by atoms with Gasteiger partial charge in [0.05, 0.1) is 17.9 Å². The van der Waals surface area contributed by atoms with Crippen molar-refractivity contribution in [2.45, 2.75) is 20.3 Å². The maximum atomic E-state index is 12.2. The first-order valence-corrected chi connectivity index (χ1v) is 7.14. The molecule has 1 aromatic carbocycles. The predicted molar refractivity (Wildman–Crippen MR) is 84.2 cm³/mol. The molecule has 4 nitrogen and oxygen atoms in total. The van der Waals surface area contributed by atoms with Crippen molar-refractivity contribution in [3.8, 4) is 5.75 Å². The molecule has 0 aliphatic carbocycles. The van der Waals surface area contributed by atoms with Crippen LogP contribution in [0.1, 0.15) is 29.3 Å². The zero-order valence-corrected chi connectivity index (χ0v) is 12.8. The number of aromatic nitrogens is 1. The number of amides is 1. The molecule has 0 aliphatic heterocycles. The predicted octanol–water partition coefficient (Wildman–Crippen LogP) is 4.08. The fraction of sp³-hybridized carbons (Fsp3) is 0.250. The summed E-state index contributed by atoms with van der Waals surface area (Å²) in [4.78, 5) is 16.1. The van der Waals surface area contributed by atoms with Crippen LogP contribution in [0, 0.1) is 6.92 Å². The van der Waals surface area contributed by atoms with E-state index in [1.54, 1.807) is 12.1 Å². The number of nitrogens with one attached hydrogen (secondary N) is 1. The molecule has 0 radical (unpaired) electrons. The van der Waals surface area contributed by atoms with Crippen LogP contribution >= 0.6 is 11.6 Å². The summed E-state index contributed by atoms with van der Waals surface area (Å²) in [5, 5.41) is 3.19. The molecule has 1 amide bonds. The van der Waals surface area contributed by atoms with E-state index in [1.807, 2.05) is 32.0 Å². The molecule has 2 aromatic rings. The van der Waals surface area contributed by atoms with Crippen LogP contribution in [0.3, 0.4) is 0 Å². The summed E-state index contributed by atoms with van der Waals surface area (Å²) in [6.45, 7) is 4.62. The molecule has 5 heteroatoms. The Labute approximate surface area is 129 Å². The van der Waals surface area contributed by atoms with Gasteiger partial charge in [-0.3, -0.25) is 4.79 Å². The lowest BCUT2D eigenvalue weighted by atomic mass is 10.2. The second-order valence-electron chi connectivity index (χ2n) is 4.67. The summed E-state index contributed by atoms with van der Waals surface area (Å²) >= 11 is 5.71. The van der Waals surface area contributed by atoms with Crippen molar-refractivity contribution in [3.05, 3.63) is 52.8 Å². The second kappa shape index (κ2) is 7.09. The van der Waals surface area contributed by atoms with Crippen LogP contribution in [0.15, 0.2) is 36.5 Å². The molecule has 1 heterocycles. The van der Waals surface area contributed by atoms with Crippen molar-refractivity contribution in [1.29, 1.82) is 0 Å². The Hall–Kier alpha value is -2.07. The van der Waals surface area contributed by atoms with Gasteiger partial charge in [0.15, 0.2) is 0 Å². The van der Waals surface area contributed by atoms with Gasteiger partial charge in [0, 0.05) is 6.20 Å². The Morgan fingerprint density at radius 3 is 2.81 bits per heavy atom. The van der Waals surface area contributed by atoms with E-state index in [0.29, 0.717) is 28.8 Å². The fourth-order valence-corrected chi connectivity index (χ4v) is 1.88. The van der Waals surface area contributed by atoms with Crippen LogP contribution in [0.5, 0.6) is 5.75 Å². The van der Waals surface area contributed by atoms with Crippen molar-refractivity contribution in [3.63, 3.8) is 0 Å². The van der Waals surface area contributed by atoms with Crippen LogP contribution in [-0.4, -0.2) is 17.5 Å². The number of pyridine rings is 1. The Kier molecular flexibility index (Phi) is 5.17. The highest BCUT2D eigenvalue weighted by Crippen LogP contribution is 2.26. The smallest absolute Gasteiger partial charge is 0.257 e. The van der Waals surface area contributed by atoms with E-state index in [0.717, 1.165) is 12.0 Å². The maximum Gasteiger partial charge on any atom is 0.257 e. The number of halogens is 1. The molecule has 0 unspecified atom stereocenters. The quantitative estimate of drug-likeness (QED) is 0.847. The summed E-state index contributed by atoms with van der Waals surface area (Å²) in [5.41, 5.74) is 2.17. The Morgan fingerprint density at radius 2 is 2.14 bits per heavy atom. The third kappa shape index (κ3) is 4.20. The number of nitrogens with zero attached hydrogens (tertiary/aromatic N) is 1. The highest BCUT2D eigenvalue weighted by molar-refractivity contribution is 6.29. The number of hydrogen-bond acceptors (Lipinski definition) is 3. The van der Waals surface area contributed by atoms with Gasteiger partial charge < -0.3 is 10.1 Å². The molecule has 0 spiro atoms. The van der Waals surface area contributed by atoms with E-state index in [4.69, 9.17) is 16.3 Å². The van der Waals surface area contributed by atoms with Crippen LogP contribution in [-0.2, 0) is 0 Å². The second-order valence-corrected chi connectivity index (χ2v) is 5.06. The van der Waals surface area contributed by atoms with Gasteiger partial charge in [0.2, 0.25) is 0 Å². The topological polar surface area (TPSA) is 51.2 Å². The van der Waals surface area contributed by atoms with Gasteiger partial charge in [0.25, 0.3) is 5.91 Å². The highest BCUT2D eigenvalue weighted by Gasteiger charge is 2.10. The Balaban J connectivity index is 2.18. The van der Waals surface area contributed by atoms with Gasteiger partial charge in [-0.2, -0.15) is 0 Å². The summed E-state index contributed by atoms with van der Waals surface area (Å²) in [6, 6.07) is 8.88. The van der Waals surface area contributed by atoms with Gasteiger partial charge in [-0.25, -0.2) is 4.98 Å². The van der Waals surface area contributed by atoms with E-state index in [2.05, 4.69) is 10.3 Å². The number of carbonyl (C=O) groups excluding carboxylic acids is 1. The summed E-state index contributed by atoms with van der Waals surface area (Å²) in [5.74, 6) is 0.427. The molecule has 2 rings (SSSR count). The van der Waals surface area contributed by atoms with E-state index in [1.165, 1.54) is 6.20 Å². The maximum absolute atomic E-state index is 12.2. The molecule has 1 aromatic heterocycles. The lowest BCUT2D eigenvalue weighted by Crippen LogP contribution is -2.13. The molecular weight excluding hydrogens is 288 g/mol. The molecule has 1 N–H and O–H groups in total. The third-order valence-corrected chi connectivity index (χ3v) is 3.06. The van der Waals surface area contributed by atoms with Gasteiger partial charge in [-0.1, -0.05) is 24.6 Å². The highest BCUT2D eigenvalue weighted by atomic mass is 35.5. The number of anilines is 1. The van der Waals surface area contributed by atoms with E-state index in [9.17, 15) is 4.79 Å². The number of hydrogen-bond donors (Lipinski definition) is 1. The number of benzene rings is 1. The minimum absolute atomic E-state index is 0.246. The minimum atomic E-state index is -0.246. The van der Waals surface area contributed by atoms with Gasteiger partial charge in [0.1, 0.15) is 10.9 Å². The average Bonchev–Trinajstić information content (AvgIpc) is 2.48. The Morgan fingerprint density at radius 1 is 1.33 bits per heavy atom. The molecule has 0 atom stereocenters. The largest absolute Gasteiger partial charge is 0.491 e. The summed E-state index contributed by atoms with van der Waals surface area (Å²) in [6.07, 6.45) is 2.35. The summed E-state index contributed by atoms with van der Waals surface area (Å²) < 4.78 is 5.67. The molecule has 0 saturated carbocycles. The van der Waals surface area contributed by atoms with Gasteiger partial charge in [-0.05, 0) is 43.2 Å². The lowest BCUT2D eigenvalue weighted by Gasteiger charge is -2.13. The first-order valence-electron chi connectivity index (χ1n) is 6.76. The zero-order chi connectivity index (χ0) is 15.2. The number of carbonyl (C=O) groups is 1. The molecule has 21 heavy (non-hydrogen) atoms. The fourth-order valence-electron chi connectivity index (χ4n) is 1.77. The molecule has 0 fully saturated rings. The molecule has 0 aliphatic rings. The van der Waals surface area contributed by atoms with Crippen molar-refractivity contribution in [1.82, 2.24) is 4.98 Å². The van der Waals surface area contributed by atoms with Crippen LogP contribution < -0.4 is 10.1 Å². The van der Waals surface area contributed by atoms with Gasteiger partial charge >= 0.3 is 0 Å². The SMILES string of the molecule is CCCOc1cc(C)ccc1NC(=O)c1ccc(Cl)nc1. The monoisotopic (exact) mass is 304 g/mol. The molecular formula is C16H17ClN2O2. The first kappa shape index (κ1) is 15.3. The Bertz CT molecular complexity index is 627. The number of rotatable bonds is 5. The first-order chi connectivity index (χ1) is 10.1. The summed E-state index contributed by atoms with van der Waals surface area (Å²) in [7, 11) is 0. The van der Waals surface area contributed by atoms with Crippen LogP contribution in [0.2, 0.25) is 5.15 Å². The average molecular weight is 305 g/mol. The molecule has 0 bridgehead atoms. The van der Waals surface area contributed by atoms with Crippen molar-refractivity contribution >= 4 is 23.2 Å². The van der Waals surface area contributed by atoms with Crippen LogP contribution in [0.4, 0.5) is 5.69 Å². The zero-order valence-electron chi connectivity index (χ0n) is 12.0. The number of ether oxygens (including phenoxy) is 1. The lowest BCUT2D eigenvalue weighted by molar-refractivity contribution is 0.102. The van der Waals surface area contributed by atoms with E-state index >= 15 is 0 Å². The normalized spacial score (nSPS) is 10.2. The van der Waals surface area contributed by atoms with E-state index in [-0.39, 0.29) is 5.91 Å². The number of aryl methyl sites for hydroxylation is 1. The van der Waals surface area contributed by atoms with Gasteiger partial charge in [-0.15, -0.1) is 0 Å². The van der Waals surface area contributed by atoms with Crippen molar-refractivity contribution in [2.24, 2.45) is 0 Å². The van der Waals surface area contributed by atoms with Crippen molar-refractivity contribution < 1.29 is 9.53 Å². The third-order valence-electron chi connectivity index (χ3n) is 2.84. The minimum Gasteiger partial charge on any atom is -0.491 e. The molecule has 110 valence electrons. The van der Waals surface area contributed by atoms with Crippen molar-refractivity contribution in [2.75, 3.05) is 11.9 Å². The van der Waals surface area contributed by atoms with Crippen LogP contribution in [0.25, 0.3) is 0 Å².